The third kappa shape index (κ3) is 3.50. The Hall–Kier alpha value is -0.580. The van der Waals surface area contributed by atoms with E-state index in [0.29, 0.717) is 10.6 Å². The third-order valence-corrected chi connectivity index (χ3v) is 4.43. The van der Waals surface area contributed by atoms with E-state index in [4.69, 9.17) is 11.6 Å². The molecule has 0 radical (unpaired) electrons. The van der Waals surface area contributed by atoms with E-state index in [1.807, 2.05) is 6.07 Å². The minimum atomic E-state index is -0.105. The summed E-state index contributed by atoms with van der Waals surface area (Å²) >= 11 is 9.45. The summed E-state index contributed by atoms with van der Waals surface area (Å²) in [5.74, 6) is -0.105. The highest BCUT2D eigenvalue weighted by Gasteiger charge is 2.33. The van der Waals surface area contributed by atoms with E-state index in [2.05, 4.69) is 40.4 Å². The van der Waals surface area contributed by atoms with Crippen LogP contribution in [-0.2, 0) is 0 Å². The maximum absolute atomic E-state index is 12.3. The first kappa shape index (κ1) is 14.8. The van der Waals surface area contributed by atoms with Crippen LogP contribution in [0, 0.1) is 5.41 Å². The highest BCUT2D eigenvalue weighted by Crippen LogP contribution is 2.26. The molecule has 19 heavy (non-hydrogen) atoms. The number of piperidine rings is 1. The van der Waals surface area contributed by atoms with Crippen LogP contribution in [0.25, 0.3) is 0 Å². The smallest absolute Gasteiger partial charge is 0.253 e. The topological polar surface area (TPSA) is 41.1 Å². The molecule has 1 fully saturated rings. The lowest BCUT2D eigenvalue weighted by Crippen LogP contribution is -2.54. The van der Waals surface area contributed by atoms with Gasteiger partial charge in [0.05, 0.1) is 10.6 Å². The molecule has 1 aromatic carbocycles. The van der Waals surface area contributed by atoms with E-state index in [9.17, 15) is 4.79 Å². The Morgan fingerprint density at radius 1 is 1.53 bits per heavy atom. The van der Waals surface area contributed by atoms with E-state index in [1.54, 1.807) is 12.1 Å². The van der Waals surface area contributed by atoms with E-state index < -0.39 is 0 Å². The number of benzene rings is 1. The minimum Gasteiger partial charge on any atom is -0.349 e. The number of carbonyl (C=O) groups is 1. The van der Waals surface area contributed by atoms with Gasteiger partial charge in [-0.15, -0.1) is 0 Å². The van der Waals surface area contributed by atoms with Gasteiger partial charge in [-0.3, -0.25) is 4.79 Å². The fraction of sp³-hybridized carbons (Fsp3) is 0.500. The second-order valence-electron chi connectivity index (χ2n) is 5.60. The average molecular weight is 346 g/mol. The van der Waals surface area contributed by atoms with Gasteiger partial charge in [0.15, 0.2) is 0 Å². The molecule has 1 amide bonds. The van der Waals surface area contributed by atoms with Gasteiger partial charge in [0.1, 0.15) is 0 Å². The molecular weight excluding hydrogens is 328 g/mol. The normalized spacial score (nSPS) is 22.0. The molecule has 2 N–H and O–H groups in total. The number of halogens is 2. The lowest BCUT2D eigenvalue weighted by atomic mass is 9.80. The molecule has 0 spiro atoms. The van der Waals surface area contributed by atoms with E-state index >= 15 is 0 Å². The number of rotatable bonds is 2. The molecule has 0 bridgehead atoms. The summed E-state index contributed by atoms with van der Waals surface area (Å²) < 4.78 is 0.853. The summed E-state index contributed by atoms with van der Waals surface area (Å²) in [5.41, 5.74) is 0.567. The maximum atomic E-state index is 12.3. The van der Waals surface area contributed by atoms with Gasteiger partial charge in [-0.25, -0.2) is 0 Å². The number of nitrogens with one attached hydrogen (secondary N) is 2. The van der Waals surface area contributed by atoms with E-state index in [0.717, 1.165) is 24.0 Å². The van der Waals surface area contributed by atoms with Crippen molar-refractivity contribution in [3.8, 4) is 0 Å². The summed E-state index contributed by atoms with van der Waals surface area (Å²) in [6.45, 7) is 6.16. The van der Waals surface area contributed by atoms with Crippen LogP contribution in [0.3, 0.4) is 0 Å². The van der Waals surface area contributed by atoms with Crippen molar-refractivity contribution >= 4 is 33.4 Å². The molecule has 1 aliphatic rings. The second kappa shape index (κ2) is 5.81. The van der Waals surface area contributed by atoms with Gasteiger partial charge in [0.2, 0.25) is 0 Å². The fourth-order valence-electron chi connectivity index (χ4n) is 2.35. The third-order valence-electron chi connectivity index (χ3n) is 3.61. The molecular formula is C14H18BrClN2O. The summed E-state index contributed by atoms with van der Waals surface area (Å²) in [7, 11) is 0. The minimum absolute atomic E-state index is 0.0480. The Kier molecular flexibility index (Phi) is 4.54. The molecule has 0 aliphatic carbocycles. The summed E-state index contributed by atoms with van der Waals surface area (Å²) in [5, 5.41) is 6.94. The Balaban J connectivity index is 2.14. The van der Waals surface area contributed by atoms with Gasteiger partial charge >= 0.3 is 0 Å². The molecule has 0 saturated carbocycles. The maximum Gasteiger partial charge on any atom is 0.253 e. The Bertz CT molecular complexity index is 490. The molecule has 5 heteroatoms. The first-order valence-electron chi connectivity index (χ1n) is 6.37. The van der Waals surface area contributed by atoms with Crippen LogP contribution in [0.4, 0.5) is 0 Å². The van der Waals surface area contributed by atoms with Gasteiger partial charge < -0.3 is 10.6 Å². The van der Waals surface area contributed by atoms with Gasteiger partial charge in [-0.2, -0.15) is 0 Å². The molecule has 1 unspecified atom stereocenters. The summed E-state index contributed by atoms with van der Waals surface area (Å²) in [4.78, 5) is 12.3. The first-order valence-corrected chi connectivity index (χ1v) is 7.54. The monoisotopic (exact) mass is 344 g/mol. The quantitative estimate of drug-likeness (QED) is 0.864. The highest BCUT2D eigenvalue weighted by molar-refractivity contribution is 9.10. The van der Waals surface area contributed by atoms with Crippen LogP contribution in [0.1, 0.15) is 30.6 Å². The molecule has 0 aromatic heterocycles. The van der Waals surface area contributed by atoms with Crippen LogP contribution < -0.4 is 10.6 Å². The molecule has 104 valence electrons. The largest absolute Gasteiger partial charge is 0.349 e. The first-order chi connectivity index (χ1) is 8.90. The predicted molar refractivity (Wildman–Crippen MR) is 81.7 cm³/mol. The number of hydrogen-bond donors (Lipinski definition) is 2. The van der Waals surface area contributed by atoms with Crippen molar-refractivity contribution in [3.05, 3.63) is 33.3 Å². The molecule has 2 rings (SSSR count). The van der Waals surface area contributed by atoms with Crippen molar-refractivity contribution in [1.29, 1.82) is 0 Å². The number of hydrogen-bond acceptors (Lipinski definition) is 2. The van der Waals surface area contributed by atoms with Crippen molar-refractivity contribution in [2.24, 2.45) is 5.41 Å². The van der Waals surface area contributed by atoms with Crippen molar-refractivity contribution in [3.63, 3.8) is 0 Å². The number of carbonyl (C=O) groups excluding carboxylic acids is 1. The fourth-order valence-corrected chi connectivity index (χ4v) is 2.91. The van der Waals surface area contributed by atoms with E-state index in [1.165, 1.54) is 0 Å². The molecule has 1 saturated heterocycles. The van der Waals surface area contributed by atoms with Crippen LogP contribution in [0.15, 0.2) is 22.7 Å². The van der Waals surface area contributed by atoms with Gasteiger partial charge in [-0.1, -0.05) is 41.4 Å². The Morgan fingerprint density at radius 3 is 2.95 bits per heavy atom. The Morgan fingerprint density at radius 2 is 2.26 bits per heavy atom. The molecule has 1 heterocycles. The highest BCUT2D eigenvalue weighted by atomic mass is 79.9. The zero-order valence-corrected chi connectivity index (χ0v) is 13.4. The predicted octanol–water partition coefficient (Wildman–Crippen LogP) is 3.22. The van der Waals surface area contributed by atoms with Gasteiger partial charge in [0.25, 0.3) is 5.91 Å². The zero-order valence-electron chi connectivity index (χ0n) is 11.1. The van der Waals surface area contributed by atoms with Crippen molar-refractivity contribution in [2.75, 3.05) is 13.1 Å². The van der Waals surface area contributed by atoms with Crippen LogP contribution in [0.5, 0.6) is 0 Å². The Labute approximate surface area is 127 Å². The van der Waals surface area contributed by atoms with Crippen LogP contribution in [0.2, 0.25) is 5.02 Å². The summed E-state index contributed by atoms with van der Waals surface area (Å²) in [6.07, 6.45) is 0.935. The SMILES string of the molecule is CC1(C)CNCCC1NC(=O)c1cc(Br)ccc1Cl. The molecule has 1 atom stereocenters. The van der Waals surface area contributed by atoms with Crippen molar-refractivity contribution < 1.29 is 4.79 Å². The van der Waals surface area contributed by atoms with Crippen LogP contribution in [-0.4, -0.2) is 25.0 Å². The molecule has 1 aromatic rings. The number of amides is 1. The zero-order chi connectivity index (χ0) is 14.0. The standard InChI is InChI=1S/C14H18BrClN2O/c1-14(2)8-17-6-5-12(14)18-13(19)10-7-9(15)3-4-11(10)16/h3-4,7,12,17H,5-6,8H2,1-2H3,(H,18,19). The van der Waals surface area contributed by atoms with Gasteiger partial charge in [0, 0.05) is 17.1 Å². The van der Waals surface area contributed by atoms with Crippen LogP contribution >= 0.6 is 27.5 Å². The second-order valence-corrected chi connectivity index (χ2v) is 6.93. The summed E-state index contributed by atoms with van der Waals surface area (Å²) in [6, 6.07) is 5.48. The molecule has 3 nitrogen and oxygen atoms in total. The van der Waals surface area contributed by atoms with Gasteiger partial charge in [-0.05, 0) is 36.6 Å². The molecule has 1 aliphatic heterocycles. The lowest BCUT2D eigenvalue weighted by molar-refractivity contribution is 0.0869. The lowest BCUT2D eigenvalue weighted by Gasteiger charge is -2.39. The van der Waals surface area contributed by atoms with E-state index in [-0.39, 0.29) is 17.4 Å². The van der Waals surface area contributed by atoms with Crippen molar-refractivity contribution in [2.45, 2.75) is 26.3 Å². The van der Waals surface area contributed by atoms with Crippen molar-refractivity contribution in [1.82, 2.24) is 10.6 Å². The average Bonchev–Trinajstić information content (AvgIpc) is 2.34.